The van der Waals surface area contributed by atoms with Crippen LogP contribution in [0.1, 0.15) is 22.3 Å². The highest BCUT2D eigenvalue weighted by atomic mass is 14.5. The third-order valence-electron chi connectivity index (χ3n) is 17.1. The molecule has 0 unspecified atom stereocenters. The first kappa shape index (κ1) is 43.5. The molecule has 0 nitrogen and oxygen atoms in total. The summed E-state index contributed by atoms with van der Waals surface area (Å²) < 4.78 is 0. The normalized spacial score (nSPS) is 12.8. The molecule has 0 fully saturated rings. The Morgan fingerprint density at radius 2 is 0.558 bits per heavy atom. The zero-order valence-corrected chi connectivity index (χ0v) is 42.2. The summed E-state index contributed by atoms with van der Waals surface area (Å²) in [6.07, 6.45) is 0. The lowest BCUT2D eigenvalue weighted by Crippen LogP contribution is -2.28. The first-order chi connectivity index (χ1) is 38.2. The van der Waals surface area contributed by atoms with E-state index in [0.717, 1.165) is 0 Å². The van der Waals surface area contributed by atoms with Gasteiger partial charge in [-0.25, -0.2) is 0 Å². The highest BCUT2D eigenvalue weighted by molar-refractivity contribution is 6.25. The highest BCUT2D eigenvalue weighted by Crippen LogP contribution is 2.60. The maximum atomic E-state index is 2.55. The van der Waals surface area contributed by atoms with E-state index in [-0.39, 0.29) is 0 Å². The van der Waals surface area contributed by atoms with Crippen LogP contribution in [0.3, 0.4) is 0 Å². The van der Waals surface area contributed by atoms with E-state index in [1.807, 2.05) is 0 Å². The third kappa shape index (κ3) is 6.34. The lowest BCUT2D eigenvalue weighted by Gasteiger charge is -2.35. The van der Waals surface area contributed by atoms with Gasteiger partial charge in [0.1, 0.15) is 0 Å². The fourth-order valence-corrected chi connectivity index (χ4v) is 14.0. The van der Waals surface area contributed by atoms with Gasteiger partial charge in [0, 0.05) is 0 Å². The average molecular weight is 973 g/mol. The number of fused-ring (bicyclic) bond motifs is 11. The Kier molecular flexibility index (Phi) is 9.65. The van der Waals surface area contributed by atoms with Crippen LogP contribution >= 0.6 is 0 Å². The molecule has 15 aromatic carbocycles. The molecule has 1 aliphatic carbocycles. The molecule has 0 spiro atoms. The van der Waals surface area contributed by atoms with Crippen molar-refractivity contribution < 1.29 is 0 Å². The van der Waals surface area contributed by atoms with Gasteiger partial charge in [-0.2, -0.15) is 0 Å². The summed E-state index contributed by atoms with van der Waals surface area (Å²) in [5.41, 5.74) is 17.1. The summed E-state index contributed by atoms with van der Waals surface area (Å²) in [7, 11) is 0. The summed E-state index contributed by atoms with van der Waals surface area (Å²) in [6, 6.07) is 109. The molecule has 16 rings (SSSR count). The second-order valence-electron chi connectivity index (χ2n) is 20.9. The molecule has 0 N–H and O–H groups in total. The van der Waals surface area contributed by atoms with Gasteiger partial charge in [0.15, 0.2) is 0 Å². The first-order valence-corrected chi connectivity index (χ1v) is 26.9. The molecule has 0 amide bonds. The quantitative estimate of drug-likeness (QED) is 0.146. The molecule has 356 valence electrons. The summed E-state index contributed by atoms with van der Waals surface area (Å²) in [5.74, 6) is 0. The van der Waals surface area contributed by atoms with Crippen molar-refractivity contribution in [3.05, 3.63) is 313 Å². The van der Waals surface area contributed by atoms with E-state index >= 15 is 0 Å². The Labute approximate surface area is 447 Å². The Morgan fingerprint density at radius 3 is 1.03 bits per heavy atom. The van der Waals surface area contributed by atoms with E-state index in [1.54, 1.807) is 0 Å². The first-order valence-electron chi connectivity index (χ1n) is 26.9. The molecule has 0 atom stereocenters. The SMILES string of the molecule is c1ccc(C2(c3ccccc3)c3cc(-c4c5ccccc5c(-c5cccc6ccccc56)c5ccccc45)ccc3-c3ccc4cc(-c5c6ccccc6c(-c6cccc7ccccc67)c6ccccc56)ccc4c32)cc1. The Bertz CT molecular complexity index is 4740. The molecule has 0 aliphatic heterocycles. The van der Waals surface area contributed by atoms with Crippen LogP contribution < -0.4 is 0 Å². The van der Waals surface area contributed by atoms with Gasteiger partial charge in [-0.05, 0) is 165 Å². The van der Waals surface area contributed by atoms with Crippen LogP contribution in [0.5, 0.6) is 0 Å². The van der Waals surface area contributed by atoms with Crippen molar-refractivity contribution in [3.8, 4) is 55.6 Å². The van der Waals surface area contributed by atoms with Crippen molar-refractivity contribution in [2.45, 2.75) is 5.41 Å². The molecule has 0 radical (unpaired) electrons. The Balaban J connectivity index is 0.948. The molecule has 77 heavy (non-hydrogen) atoms. The van der Waals surface area contributed by atoms with Crippen LogP contribution in [-0.2, 0) is 5.41 Å². The smallest absolute Gasteiger partial charge is 0.0622 e. The second-order valence-corrected chi connectivity index (χ2v) is 20.9. The topological polar surface area (TPSA) is 0 Å². The fraction of sp³-hybridized carbons (Fsp3) is 0.0130. The van der Waals surface area contributed by atoms with Gasteiger partial charge >= 0.3 is 0 Å². The zero-order chi connectivity index (χ0) is 50.6. The molecular formula is C77H48. The van der Waals surface area contributed by atoms with Gasteiger partial charge in [-0.1, -0.05) is 279 Å². The van der Waals surface area contributed by atoms with E-state index in [0.29, 0.717) is 0 Å². The minimum absolute atomic E-state index is 0.641. The van der Waals surface area contributed by atoms with E-state index in [1.165, 1.54) is 153 Å². The standard InChI is InChI=1S/C77H48/c1-3-25-54(26-4-1)77(55-27-5-2-6-28-55)71-48-53(73-64-33-13-17-37-68(64)75(69-38-18-14-34-65(69)73)61-40-20-24-50-22-8-10-30-57(50)61)43-45-59(71)70-46-41-51-47-52(42-44-58(51)76(70)77)72-62-31-11-15-35-66(62)74(67-36-16-12-32-63(67)72)60-39-19-23-49-21-7-9-29-56(49)60/h1-48H. The van der Waals surface area contributed by atoms with Gasteiger partial charge in [0.2, 0.25) is 0 Å². The second kappa shape index (κ2) is 17.1. The number of benzene rings is 15. The summed E-state index contributed by atoms with van der Waals surface area (Å²) in [4.78, 5) is 0. The van der Waals surface area contributed by atoms with Crippen molar-refractivity contribution >= 4 is 75.4 Å². The van der Waals surface area contributed by atoms with Crippen molar-refractivity contribution in [2.24, 2.45) is 0 Å². The molecule has 1 aliphatic rings. The molecule has 0 saturated carbocycles. The Hall–Kier alpha value is -9.88. The zero-order valence-electron chi connectivity index (χ0n) is 42.2. The molecule has 0 heteroatoms. The summed E-state index contributed by atoms with van der Waals surface area (Å²) in [6.45, 7) is 0. The number of hydrogen-bond donors (Lipinski definition) is 0. The lowest BCUT2D eigenvalue weighted by molar-refractivity contribution is 0.776. The van der Waals surface area contributed by atoms with Crippen LogP contribution in [0.25, 0.3) is 131 Å². The average Bonchev–Trinajstić information content (AvgIpc) is 3.97. The minimum atomic E-state index is -0.641. The van der Waals surface area contributed by atoms with E-state index < -0.39 is 5.41 Å². The maximum Gasteiger partial charge on any atom is 0.0719 e. The van der Waals surface area contributed by atoms with Crippen LogP contribution in [-0.4, -0.2) is 0 Å². The van der Waals surface area contributed by atoms with Crippen LogP contribution in [0.15, 0.2) is 291 Å². The van der Waals surface area contributed by atoms with Gasteiger partial charge in [-0.3, -0.25) is 0 Å². The van der Waals surface area contributed by atoms with Crippen molar-refractivity contribution in [2.75, 3.05) is 0 Å². The van der Waals surface area contributed by atoms with Crippen molar-refractivity contribution in [1.29, 1.82) is 0 Å². The fourth-order valence-electron chi connectivity index (χ4n) is 14.0. The third-order valence-corrected chi connectivity index (χ3v) is 17.1. The summed E-state index contributed by atoms with van der Waals surface area (Å²) >= 11 is 0. The van der Waals surface area contributed by atoms with Gasteiger partial charge < -0.3 is 0 Å². The predicted molar refractivity (Wildman–Crippen MR) is 328 cm³/mol. The largest absolute Gasteiger partial charge is 0.0719 e. The van der Waals surface area contributed by atoms with Crippen LogP contribution in [0.4, 0.5) is 0 Å². The Morgan fingerprint density at radius 1 is 0.195 bits per heavy atom. The van der Waals surface area contributed by atoms with E-state index in [2.05, 4.69) is 291 Å². The molecule has 15 aromatic rings. The van der Waals surface area contributed by atoms with Crippen LogP contribution in [0, 0.1) is 0 Å². The van der Waals surface area contributed by atoms with E-state index in [9.17, 15) is 0 Å². The van der Waals surface area contributed by atoms with E-state index in [4.69, 9.17) is 0 Å². The summed E-state index contributed by atoms with van der Waals surface area (Å²) in [5, 5.41) is 17.5. The molecule has 0 heterocycles. The molecule has 0 aromatic heterocycles. The van der Waals surface area contributed by atoms with Crippen molar-refractivity contribution in [3.63, 3.8) is 0 Å². The molecule has 0 saturated heterocycles. The van der Waals surface area contributed by atoms with Crippen LogP contribution in [0.2, 0.25) is 0 Å². The lowest BCUT2D eigenvalue weighted by atomic mass is 9.66. The number of rotatable bonds is 6. The minimum Gasteiger partial charge on any atom is -0.0622 e. The maximum absolute atomic E-state index is 2.55. The predicted octanol–water partition coefficient (Wildman–Crippen LogP) is 20.8. The molecular weight excluding hydrogens is 925 g/mol. The molecule has 0 bridgehead atoms. The number of hydrogen-bond acceptors (Lipinski definition) is 0. The van der Waals surface area contributed by atoms with Crippen molar-refractivity contribution in [1.82, 2.24) is 0 Å². The van der Waals surface area contributed by atoms with Gasteiger partial charge in [0.05, 0.1) is 5.41 Å². The highest BCUT2D eigenvalue weighted by Gasteiger charge is 2.47. The van der Waals surface area contributed by atoms with Gasteiger partial charge in [-0.15, -0.1) is 0 Å². The monoisotopic (exact) mass is 972 g/mol. The van der Waals surface area contributed by atoms with Gasteiger partial charge in [0.25, 0.3) is 0 Å².